The Morgan fingerprint density at radius 1 is 1.56 bits per heavy atom. The van der Waals surface area contributed by atoms with Crippen molar-refractivity contribution in [3.63, 3.8) is 0 Å². The van der Waals surface area contributed by atoms with E-state index in [9.17, 15) is 0 Å². The van der Waals surface area contributed by atoms with Crippen molar-refractivity contribution < 1.29 is 13.9 Å². The molecular weight excluding hydrogens is 136 g/mol. The Morgan fingerprint density at radius 3 is 2.67 bits per heavy atom. The molecule has 0 bridgehead atoms. The molecule has 0 rings (SSSR count). The lowest BCUT2D eigenvalue weighted by Gasteiger charge is -2.10. The van der Waals surface area contributed by atoms with E-state index >= 15 is 0 Å². The summed E-state index contributed by atoms with van der Waals surface area (Å²) in [5.74, 6) is 0. The summed E-state index contributed by atoms with van der Waals surface area (Å²) in [4.78, 5) is 0. The summed E-state index contributed by atoms with van der Waals surface area (Å²) in [6.07, 6.45) is -0.108. The molecule has 0 fully saturated rings. The summed E-state index contributed by atoms with van der Waals surface area (Å²) in [6.45, 7) is 4.80. The first-order chi connectivity index (χ1) is 4.31. The molecule has 3 nitrogen and oxygen atoms in total. The quantitative estimate of drug-likeness (QED) is 0.304. The lowest BCUT2D eigenvalue weighted by molar-refractivity contribution is -0.145. The highest BCUT2D eigenvalue weighted by atomic mass is 28.2. The minimum atomic E-state index is -0.108. The van der Waals surface area contributed by atoms with Gasteiger partial charge in [0.2, 0.25) is 0 Å². The van der Waals surface area contributed by atoms with Gasteiger partial charge in [-0.3, -0.25) is 0 Å². The Bertz CT molecular complexity index is 60.2. The number of ether oxygens (including phenoxy) is 2. The van der Waals surface area contributed by atoms with E-state index in [0.717, 1.165) is 0 Å². The van der Waals surface area contributed by atoms with E-state index in [0.29, 0.717) is 23.9 Å². The third-order valence-corrected chi connectivity index (χ3v) is 1.59. The molecular formula is C5H14O3Si. The molecule has 0 aliphatic rings. The van der Waals surface area contributed by atoms with Crippen LogP contribution in [0.2, 0.25) is 0 Å². The number of hydrogen-bond acceptors (Lipinski definition) is 3. The van der Waals surface area contributed by atoms with E-state index < -0.39 is 0 Å². The zero-order valence-electron chi connectivity index (χ0n) is 6.22. The van der Waals surface area contributed by atoms with Crippen LogP contribution < -0.4 is 0 Å². The van der Waals surface area contributed by atoms with Crippen LogP contribution in [0.3, 0.4) is 0 Å². The van der Waals surface area contributed by atoms with Crippen molar-refractivity contribution in [3.8, 4) is 0 Å². The molecule has 0 N–H and O–H groups in total. The van der Waals surface area contributed by atoms with Crippen molar-refractivity contribution in [1.29, 1.82) is 0 Å². The van der Waals surface area contributed by atoms with Crippen LogP contribution in [-0.4, -0.2) is 30.2 Å². The highest BCUT2D eigenvalue weighted by Crippen LogP contribution is 1.88. The number of hydrogen-bond donors (Lipinski definition) is 0. The Morgan fingerprint density at radius 2 is 2.22 bits per heavy atom. The van der Waals surface area contributed by atoms with Crippen LogP contribution in [0.25, 0.3) is 0 Å². The first-order valence-corrected chi connectivity index (χ1v) is 3.85. The highest BCUT2D eigenvalue weighted by molar-refractivity contribution is 5.98. The SMILES string of the molecule is CCOCOC(C)O[SiH3]. The fourth-order valence-electron chi connectivity index (χ4n) is 0.295. The second kappa shape index (κ2) is 6.22. The third kappa shape index (κ3) is 5.98. The van der Waals surface area contributed by atoms with E-state index in [1.54, 1.807) is 0 Å². The van der Waals surface area contributed by atoms with Gasteiger partial charge in [-0.1, -0.05) is 0 Å². The van der Waals surface area contributed by atoms with Crippen molar-refractivity contribution in [2.24, 2.45) is 0 Å². The van der Waals surface area contributed by atoms with Crippen molar-refractivity contribution in [2.75, 3.05) is 13.4 Å². The Balaban J connectivity index is 2.88. The predicted octanol–water partition coefficient (Wildman–Crippen LogP) is -0.360. The average Bonchev–Trinajstić information content (AvgIpc) is 1.89. The first-order valence-electron chi connectivity index (χ1n) is 3.03. The van der Waals surface area contributed by atoms with Gasteiger partial charge in [0.15, 0.2) is 0 Å². The average molecular weight is 150 g/mol. The molecule has 56 valence electrons. The summed E-state index contributed by atoms with van der Waals surface area (Å²) in [6, 6.07) is 0. The maximum atomic E-state index is 5.02. The van der Waals surface area contributed by atoms with Gasteiger partial charge in [-0.05, 0) is 13.8 Å². The molecule has 0 aromatic rings. The molecule has 9 heavy (non-hydrogen) atoms. The van der Waals surface area contributed by atoms with E-state index in [1.807, 2.05) is 13.8 Å². The largest absolute Gasteiger partial charge is 0.404 e. The molecule has 0 amide bonds. The van der Waals surface area contributed by atoms with Gasteiger partial charge in [-0.15, -0.1) is 0 Å². The maximum absolute atomic E-state index is 5.02. The van der Waals surface area contributed by atoms with Crippen molar-refractivity contribution in [2.45, 2.75) is 20.1 Å². The van der Waals surface area contributed by atoms with Crippen molar-refractivity contribution >= 4 is 10.5 Å². The van der Waals surface area contributed by atoms with Gasteiger partial charge in [0.1, 0.15) is 23.6 Å². The van der Waals surface area contributed by atoms with Gasteiger partial charge in [0.25, 0.3) is 0 Å². The molecule has 0 saturated carbocycles. The van der Waals surface area contributed by atoms with E-state index in [-0.39, 0.29) is 6.29 Å². The van der Waals surface area contributed by atoms with Gasteiger partial charge in [0.05, 0.1) is 0 Å². The lowest BCUT2D eigenvalue weighted by atomic mass is 10.8. The number of rotatable bonds is 5. The van der Waals surface area contributed by atoms with Gasteiger partial charge >= 0.3 is 0 Å². The molecule has 0 heterocycles. The molecule has 1 unspecified atom stereocenters. The molecule has 0 spiro atoms. The predicted molar refractivity (Wildman–Crippen MR) is 38.1 cm³/mol. The molecule has 0 saturated heterocycles. The van der Waals surface area contributed by atoms with Crippen LogP contribution in [0, 0.1) is 0 Å². The highest BCUT2D eigenvalue weighted by Gasteiger charge is 1.94. The maximum Gasteiger partial charge on any atom is 0.149 e. The second-order valence-corrected chi connectivity index (χ2v) is 2.05. The van der Waals surface area contributed by atoms with Crippen LogP contribution in [0.5, 0.6) is 0 Å². The Kier molecular flexibility index (Phi) is 6.29. The van der Waals surface area contributed by atoms with Crippen LogP contribution in [0.1, 0.15) is 13.8 Å². The minimum absolute atomic E-state index is 0.108. The Hall–Kier alpha value is 0.0969. The van der Waals surface area contributed by atoms with Gasteiger partial charge < -0.3 is 13.9 Å². The lowest BCUT2D eigenvalue weighted by Crippen LogP contribution is -2.13. The summed E-state index contributed by atoms with van der Waals surface area (Å²) >= 11 is 0. The molecule has 4 heteroatoms. The molecule has 0 radical (unpaired) electrons. The smallest absolute Gasteiger partial charge is 0.149 e. The molecule has 0 aliphatic heterocycles. The van der Waals surface area contributed by atoms with Gasteiger partial charge in [-0.25, -0.2) is 0 Å². The van der Waals surface area contributed by atoms with Crippen molar-refractivity contribution in [1.82, 2.24) is 0 Å². The van der Waals surface area contributed by atoms with Crippen LogP contribution in [-0.2, 0) is 13.9 Å². The second-order valence-electron chi connectivity index (χ2n) is 1.58. The third-order valence-electron chi connectivity index (χ3n) is 0.922. The standard InChI is InChI=1S/C5H14O3Si/c1-3-6-4-7-5(2)8-9/h5H,3-4H2,1-2,9H3. The summed E-state index contributed by atoms with van der Waals surface area (Å²) < 4.78 is 14.9. The molecule has 0 aliphatic carbocycles. The van der Waals surface area contributed by atoms with Crippen LogP contribution in [0.15, 0.2) is 0 Å². The summed E-state index contributed by atoms with van der Waals surface area (Å²) in [5, 5.41) is 0. The zero-order valence-corrected chi connectivity index (χ0v) is 8.22. The minimum Gasteiger partial charge on any atom is -0.404 e. The fraction of sp³-hybridized carbons (Fsp3) is 1.00. The summed E-state index contributed by atoms with van der Waals surface area (Å²) in [5.41, 5.74) is 0. The topological polar surface area (TPSA) is 27.7 Å². The van der Waals surface area contributed by atoms with E-state index in [1.165, 1.54) is 0 Å². The van der Waals surface area contributed by atoms with Gasteiger partial charge in [-0.2, -0.15) is 0 Å². The monoisotopic (exact) mass is 150 g/mol. The summed E-state index contributed by atoms with van der Waals surface area (Å²) in [7, 11) is 0.711. The van der Waals surface area contributed by atoms with E-state index in [2.05, 4.69) is 0 Å². The van der Waals surface area contributed by atoms with Crippen LogP contribution in [0.4, 0.5) is 0 Å². The fourth-order valence-corrected chi connectivity index (χ4v) is 0.431. The Labute approximate surface area is 58.8 Å². The van der Waals surface area contributed by atoms with Gasteiger partial charge in [0, 0.05) is 6.61 Å². The molecule has 0 aromatic carbocycles. The van der Waals surface area contributed by atoms with E-state index in [4.69, 9.17) is 13.9 Å². The first kappa shape index (κ1) is 9.10. The normalized spacial score (nSPS) is 14.0. The van der Waals surface area contributed by atoms with Crippen LogP contribution >= 0.6 is 0 Å². The molecule has 0 aromatic heterocycles. The molecule has 1 atom stereocenters. The van der Waals surface area contributed by atoms with Crippen molar-refractivity contribution in [3.05, 3.63) is 0 Å². The zero-order chi connectivity index (χ0) is 7.11.